The number of carbonyl (C=O) groups is 2. The Bertz CT molecular complexity index is 864. The second-order valence-corrected chi connectivity index (χ2v) is 5.77. The molecule has 0 radical (unpaired) electrons. The van der Waals surface area contributed by atoms with E-state index in [0.717, 1.165) is 6.07 Å². The van der Waals surface area contributed by atoms with E-state index in [4.69, 9.17) is 9.47 Å². The Labute approximate surface area is 153 Å². The third kappa shape index (κ3) is 3.41. The first-order valence-corrected chi connectivity index (χ1v) is 7.69. The number of carboxylic acids is 2. The highest BCUT2D eigenvalue weighted by Gasteiger charge is 2.40. The number of nitro groups is 1. The molecule has 0 saturated heterocycles. The van der Waals surface area contributed by atoms with Crippen LogP contribution in [-0.2, 0) is 9.59 Å². The van der Waals surface area contributed by atoms with Crippen LogP contribution in [-0.4, -0.2) is 41.3 Å². The van der Waals surface area contributed by atoms with Crippen LogP contribution in [0.25, 0.3) is 0 Å². The number of carboxylic acid groups (broad SMARTS) is 2. The summed E-state index contributed by atoms with van der Waals surface area (Å²) < 4.78 is 10.2. The lowest BCUT2D eigenvalue weighted by Gasteiger charge is -2.28. The van der Waals surface area contributed by atoms with Crippen LogP contribution < -0.4 is 14.8 Å². The summed E-state index contributed by atoms with van der Waals surface area (Å²) in [6.07, 6.45) is 0. The first kappa shape index (κ1) is 19.8. The van der Waals surface area contributed by atoms with E-state index in [-0.39, 0.29) is 39.6 Å². The molecule has 1 aliphatic heterocycles. The number of hydrogen-bond donors (Lipinski definition) is 3. The van der Waals surface area contributed by atoms with Gasteiger partial charge in [0.25, 0.3) is 5.69 Å². The normalized spacial score (nSPS) is 14.7. The van der Waals surface area contributed by atoms with Crippen molar-refractivity contribution in [3.05, 3.63) is 50.4 Å². The predicted octanol–water partition coefficient (Wildman–Crippen LogP) is 2.02. The summed E-state index contributed by atoms with van der Waals surface area (Å²) >= 11 is 0. The summed E-state index contributed by atoms with van der Waals surface area (Å²) in [5.41, 5.74) is -0.801. The molecule has 144 valence electrons. The van der Waals surface area contributed by atoms with Gasteiger partial charge in [0.1, 0.15) is 0 Å². The van der Waals surface area contributed by atoms with Gasteiger partial charge in [0.15, 0.2) is 11.5 Å². The number of rotatable bonds is 6. The van der Waals surface area contributed by atoms with Gasteiger partial charge in [0.2, 0.25) is 0 Å². The van der Waals surface area contributed by atoms with E-state index in [0.29, 0.717) is 0 Å². The number of nitrogens with zero attached hydrogens (tertiary/aromatic N) is 1. The molecule has 3 N–H and O–H groups in total. The van der Waals surface area contributed by atoms with Crippen molar-refractivity contribution in [2.75, 3.05) is 14.2 Å². The standard InChI is InChI=1S/C17H18N2O8/c1-7-13(16(20)21)15(14(17(22)23)8(2)18-7)9-5-11(26-3)12(27-4)6-10(9)19(24)25/h5-6,15,18H,1-4H3,(H,20,21)(H,22,23). The molecule has 0 unspecified atom stereocenters. The van der Waals surface area contributed by atoms with Crippen LogP contribution in [0.3, 0.4) is 0 Å². The number of methoxy groups -OCH3 is 2. The predicted molar refractivity (Wildman–Crippen MR) is 92.7 cm³/mol. The smallest absolute Gasteiger partial charge is 0.334 e. The van der Waals surface area contributed by atoms with Crippen molar-refractivity contribution in [2.24, 2.45) is 0 Å². The third-order valence-electron chi connectivity index (χ3n) is 4.26. The van der Waals surface area contributed by atoms with Gasteiger partial charge >= 0.3 is 11.9 Å². The zero-order valence-corrected chi connectivity index (χ0v) is 15.0. The summed E-state index contributed by atoms with van der Waals surface area (Å²) in [6.45, 7) is 2.93. The monoisotopic (exact) mass is 378 g/mol. The number of nitro benzene ring substituents is 1. The fourth-order valence-corrected chi connectivity index (χ4v) is 3.15. The molecule has 1 aliphatic rings. The maximum absolute atomic E-state index is 11.8. The Hall–Kier alpha value is -3.56. The Kier molecular flexibility index (Phi) is 5.39. The number of nitrogens with one attached hydrogen (secondary N) is 1. The van der Waals surface area contributed by atoms with Crippen LogP contribution in [0.5, 0.6) is 11.5 Å². The zero-order valence-electron chi connectivity index (χ0n) is 15.0. The average Bonchev–Trinajstić information content (AvgIpc) is 2.58. The minimum Gasteiger partial charge on any atom is -0.493 e. The molecule has 0 bridgehead atoms. The largest absolute Gasteiger partial charge is 0.493 e. The molecule has 10 nitrogen and oxygen atoms in total. The molecule has 0 fully saturated rings. The van der Waals surface area contributed by atoms with E-state index < -0.39 is 28.5 Å². The number of hydrogen-bond acceptors (Lipinski definition) is 7. The molecule has 0 spiro atoms. The summed E-state index contributed by atoms with van der Waals surface area (Å²) in [6, 6.07) is 2.32. The lowest BCUT2D eigenvalue weighted by atomic mass is 9.79. The van der Waals surface area contributed by atoms with Crippen LogP contribution in [0.15, 0.2) is 34.7 Å². The van der Waals surface area contributed by atoms with Crippen molar-refractivity contribution in [2.45, 2.75) is 19.8 Å². The van der Waals surface area contributed by atoms with Crippen molar-refractivity contribution in [3.63, 3.8) is 0 Å². The minimum absolute atomic E-state index is 0.0667. The number of benzene rings is 1. The maximum Gasteiger partial charge on any atom is 0.334 e. The van der Waals surface area contributed by atoms with Crippen molar-refractivity contribution < 1.29 is 34.2 Å². The number of allylic oxidation sites excluding steroid dienone is 2. The van der Waals surface area contributed by atoms with Gasteiger partial charge in [-0.3, -0.25) is 10.1 Å². The van der Waals surface area contributed by atoms with Gasteiger partial charge in [0, 0.05) is 17.0 Å². The van der Waals surface area contributed by atoms with E-state index >= 15 is 0 Å². The molecule has 0 aliphatic carbocycles. The Balaban J connectivity index is 2.92. The summed E-state index contributed by atoms with van der Waals surface area (Å²) in [5.74, 6) is -3.97. The lowest BCUT2D eigenvalue weighted by Crippen LogP contribution is -2.31. The minimum atomic E-state index is -1.39. The fraction of sp³-hybridized carbons (Fsp3) is 0.294. The number of aliphatic carboxylic acids is 2. The number of dihydropyridines is 1. The van der Waals surface area contributed by atoms with E-state index in [1.165, 1.54) is 34.1 Å². The first-order valence-electron chi connectivity index (χ1n) is 7.69. The van der Waals surface area contributed by atoms with E-state index in [1.807, 2.05) is 0 Å². The van der Waals surface area contributed by atoms with Gasteiger partial charge in [-0.25, -0.2) is 9.59 Å². The number of ether oxygens (including phenoxy) is 2. The van der Waals surface area contributed by atoms with E-state index in [9.17, 15) is 29.9 Å². The Morgan fingerprint density at radius 2 is 1.48 bits per heavy atom. The topological polar surface area (TPSA) is 148 Å². The van der Waals surface area contributed by atoms with Gasteiger partial charge in [-0.15, -0.1) is 0 Å². The van der Waals surface area contributed by atoms with Crippen LogP contribution in [0.4, 0.5) is 5.69 Å². The summed E-state index contributed by atoms with van der Waals surface area (Å²) in [5, 5.41) is 33.6. The van der Waals surface area contributed by atoms with Crippen molar-refractivity contribution >= 4 is 17.6 Å². The molecule has 2 rings (SSSR count). The second kappa shape index (κ2) is 7.36. The molecule has 27 heavy (non-hydrogen) atoms. The molecular weight excluding hydrogens is 360 g/mol. The summed E-state index contributed by atoms with van der Waals surface area (Å²) in [4.78, 5) is 34.6. The quantitative estimate of drug-likeness (QED) is 0.499. The van der Waals surface area contributed by atoms with Crippen LogP contribution in [0.1, 0.15) is 25.3 Å². The highest BCUT2D eigenvalue weighted by atomic mass is 16.6. The van der Waals surface area contributed by atoms with Crippen molar-refractivity contribution in [1.82, 2.24) is 5.32 Å². The van der Waals surface area contributed by atoms with E-state index in [1.54, 1.807) is 0 Å². The first-order chi connectivity index (χ1) is 12.6. The molecule has 0 atom stereocenters. The maximum atomic E-state index is 11.8. The lowest BCUT2D eigenvalue weighted by molar-refractivity contribution is -0.385. The highest BCUT2D eigenvalue weighted by molar-refractivity contribution is 5.99. The van der Waals surface area contributed by atoms with Crippen LogP contribution >= 0.6 is 0 Å². The van der Waals surface area contributed by atoms with Crippen LogP contribution in [0, 0.1) is 10.1 Å². The summed E-state index contributed by atoms with van der Waals surface area (Å²) in [7, 11) is 2.61. The van der Waals surface area contributed by atoms with Crippen molar-refractivity contribution in [3.8, 4) is 11.5 Å². The van der Waals surface area contributed by atoms with Gasteiger partial charge in [-0.2, -0.15) is 0 Å². The van der Waals surface area contributed by atoms with Crippen molar-refractivity contribution in [1.29, 1.82) is 0 Å². The Morgan fingerprint density at radius 3 is 1.85 bits per heavy atom. The molecule has 1 heterocycles. The molecule has 10 heteroatoms. The molecule has 0 amide bonds. The SMILES string of the molecule is COc1cc(C2C(C(=O)O)=C(C)NC(C)=C2C(=O)O)c([N+](=O)[O-])cc1OC. The third-order valence-corrected chi connectivity index (χ3v) is 4.26. The van der Waals surface area contributed by atoms with Gasteiger partial charge in [0.05, 0.1) is 42.3 Å². The average molecular weight is 378 g/mol. The molecular formula is C17H18N2O8. The molecule has 0 saturated carbocycles. The molecule has 1 aromatic carbocycles. The highest BCUT2D eigenvalue weighted by Crippen LogP contribution is 2.45. The zero-order chi connectivity index (χ0) is 20.5. The van der Waals surface area contributed by atoms with Gasteiger partial charge < -0.3 is 25.0 Å². The van der Waals surface area contributed by atoms with Gasteiger partial charge in [-0.1, -0.05) is 0 Å². The fourth-order valence-electron chi connectivity index (χ4n) is 3.15. The van der Waals surface area contributed by atoms with Gasteiger partial charge in [-0.05, 0) is 19.9 Å². The van der Waals surface area contributed by atoms with E-state index in [2.05, 4.69) is 5.32 Å². The Morgan fingerprint density at radius 1 is 1.04 bits per heavy atom. The van der Waals surface area contributed by atoms with Crippen LogP contribution in [0.2, 0.25) is 0 Å². The second-order valence-electron chi connectivity index (χ2n) is 5.77. The molecule has 1 aromatic rings. The molecule has 0 aromatic heterocycles.